The third-order valence-electron chi connectivity index (χ3n) is 1.22. The molecule has 0 radical (unpaired) electrons. The van der Waals surface area contributed by atoms with Crippen LogP contribution >= 0.6 is 11.6 Å². The van der Waals surface area contributed by atoms with Crippen molar-refractivity contribution in [1.82, 2.24) is 15.7 Å². The van der Waals surface area contributed by atoms with Gasteiger partial charge >= 0.3 is 0 Å². The summed E-state index contributed by atoms with van der Waals surface area (Å²) in [4.78, 5) is 11.0. The molecule has 0 aliphatic heterocycles. The number of halogens is 1. The molecule has 0 atom stereocenters. The average Bonchev–Trinajstić information content (AvgIpc) is 2.61. The van der Waals surface area contributed by atoms with E-state index < -0.39 is 5.91 Å². The Morgan fingerprint density at radius 3 is 3.00 bits per heavy atom. The lowest BCUT2D eigenvalue weighted by atomic mass is 10.4. The predicted octanol–water partition coefficient (Wildman–Crippen LogP) is -0.676. The zero-order chi connectivity index (χ0) is 9.68. The molecule has 8 heteroatoms. The van der Waals surface area contributed by atoms with Crippen LogP contribution in [0.15, 0.2) is 4.63 Å². The maximum Gasteiger partial charge on any atom is 0.291 e. The molecule has 1 rings (SSSR count). The minimum Gasteiger partial charge on any atom is -0.364 e. The fourth-order valence-electron chi connectivity index (χ4n) is 0.688. The maximum absolute atomic E-state index is 11.0. The molecule has 4 N–H and O–H groups in total. The van der Waals surface area contributed by atoms with E-state index >= 15 is 0 Å². The Morgan fingerprint density at radius 2 is 2.38 bits per heavy atom. The molecule has 0 spiro atoms. The van der Waals surface area contributed by atoms with E-state index in [0.29, 0.717) is 12.4 Å². The van der Waals surface area contributed by atoms with Crippen molar-refractivity contribution in [2.75, 3.05) is 17.7 Å². The first kappa shape index (κ1) is 9.75. The number of nitrogens with zero attached hydrogens (tertiary/aromatic N) is 2. The van der Waals surface area contributed by atoms with Gasteiger partial charge in [0, 0.05) is 12.4 Å². The fraction of sp³-hybridized carbons (Fsp3) is 0.400. The Morgan fingerprint density at radius 1 is 1.62 bits per heavy atom. The molecular formula is C5H8ClN5O2. The highest BCUT2D eigenvalue weighted by molar-refractivity contribution is 6.18. The Labute approximate surface area is 78.5 Å². The smallest absolute Gasteiger partial charge is 0.291 e. The molecule has 0 aromatic carbocycles. The number of aromatic nitrogens is 2. The second kappa shape index (κ2) is 4.63. The number of carbonyl (C=O) groups is 1. The lowest BCUT2D eigenvalue weighted by Gasteiger charge is -1.98. The lowest BCUT2D eigenvalue weighted by Crippen LogP contribution is -2.31. The minimum atomic E-state index is -0.571. The van der Waals surface area contributed by atoms with Crippen molar-refractivity contribution in [3.8, 4) is 0 Å². The van der Waals surface area contributed by atoms with Gasteiger partial charge in [0.1, 0.15) is 0 Å². The van der Waals surface area contributed by atoms with E-state index in [1.165, 1.54) is 0 Å². The van der Waals surface area contributed by atoms with Gasteiger partial charge in [0.25, 0.3) is 5.91 Å². The molecule has 0 bridgehead atoms. The number of hydrogen-bond acceptors (Lipinski definition) is 6. The van der Waals surface area contributed by atoms with Crippen molar-refractivity contribution in [3.63, 3.8) is 0 Å². The number of alkyl halides is 1. The van der Waals surface area contributed by atoms with Gasteiger partial charge in [-0.2, -0.15) is 0 Å². The van der Waals surface area contributed by atoms with Gasteiger partial charge in [-0.3, -0.25) is 10.2 Å². The summed E-state index contributed by atoms with van der Waals surface area (Å²) < 4.78 is 4.34. The third-order valence-corrected chi connectivity index (χ3v) is 1.41. The van der Waals surface area contributed by atoms with Crippen molar-refractivity contribution < 1.29 is 9.42 Å². The fourth-order valence-corrected chi connectivity index (χ4v) is 0.782. The van der Waals surface area contributed by atoms with Crippen LogP contribution in [0.2, 0.25) is 0 Å². The van der Waals surface area contributed by atoms with E-state index in [0.717, 1.165) is 0 Å². The van der Waals surface area contributed by atoms with Gasteiger partial charge in [0.2, 0.25) is 11.5 Å². The lowest BCUT2D eigenvalue weighted by molar-refractivity contribution is 0.0944. The van der Waals surface area contributed by atoms with Crippen molar-refractivity contribution in [2.24, 2.45) is 5.84 Å². The summed E-state index contributed by atoms with van der Waals surface area (Å²) in [5.74, 6) is 4.94. The highest BCUT2D eigenvalue weighted by atomic mass is 35.5. The van der Waals surface area contributed by atoms with Crippen LogP contribution in [-0.2, 0) is 0 Å². The van der Waals surface area contributed by atoms with Gasteiger partial charge < -0.3 is 5.32 Å². The molecule has 72 valence electrons. The Hall–Kier alpha value is -1.34. The largest absolute Gasteiger partial charge is 0.364 e. The number of nitrogen functional groups attached to an aromatic ring is 1. The standard InChI is InChI=1S/C5H8ClN5O2/c6-1-2-8-4-3(5(12)9-7)10-13-11-4/h1-2,7H2,(H,8,11)(H,9,12). The van der Waals surface area contributed by atoms with Crippen LogP contribution in [0.5, 0.6) is 0 Å². The van der Waals surface area contributed by atoms with E-state index in [1.807, 2.05) is 5.43 Å². The van der Waals surface area contributed by atoms with Crippen LogP contribution in [0.3, 0.4) is 0 Å². The highest BCUT2D eigenvalue weighted by Gasteiger charge is 2.16. The van der Waals surface area contributed by atoms with Crippen LogP contribution < -0.4 is 16.6 Å². The molecule has 13 heavy (non-hydrogen) atoms. The molecule has 0 aliphatic rings. The minimum absolute atomic E-state index is 0.00705. The number of nitrogens with one attached hydrogen (secondary N) is 2. The molecule has 0 saturated heterocycles. The molecule has 0 fully saturated rings. The predicted molar refractivity (Wildman–Crippen MR) is 45.2 cm³/mol. The molecule has 1 heterocycles. The second-order valence-corrected chi connectivity index (χ2v) is 2.43. The van der Waals surface area contributed by atoms with Crippen LogP contribution in [0.25, 0.3) is 0 Å². The summed E-state index contributed by atoms with van der Waals surface area (Å²) in [5.41, 5.74) is 1.92. The molecule has 7 nitrogen and oxygen atoms in total. The van der Waals surface area contributed by atoms with Gasteiger partial charge in [0.15, 0.2) is 0 Å². The summed E-state index contributed by atoms with van der Waals surface area (Å²) in [7, 11) is 0. The third kappa shape index (κ3) is 2.30. The van der Waals surface area contributed by atoms with Gasteiger partial charge in [-0.25, -0.2) is 10.5 Å². The highest BCUT2D eigenvalue weighted by Crippen LogP contribution is 2.07. The molecule has 0 unspecified atom stereocenters. The normalized spacial score (nSPS) is 9.69. The van der Waals surface area contributed by atoms with Crippen molar-refractivity contribution in [2.45, 2.75) is 0 Å². The first-order valence-corrected chi connectivity index (χ1v) is 3.96. The first-order chi connectivity index (χ1) is 6.29. The summed E-state index contributed by atoms with van der Waals surface area (Å²) in [5, 5.41) is 9.55. The van der Waals surface area contributed by atoms with Gasteiger partial charge in [-0.15, -0.1) is 11.6 Å². The molecule has 0 aliphatic carbocycles. The SMILES string of the molecule is NNC(=O)c1nonc1NCCCl. The second-order valence-electron chi connectivity index (χ2n) is 2.05. The summed E-state index contributed by atoms with van der Waals surface area (Å²) in [6.07, 6.45) is 0. The van der Waals surface area contributed by atoms with Crippen molar-refractivity contribution in [3.05, 3.63) is 5.69 Å². The van der Waals surface area contributed by atoms with Gasteiger partial charge in [0.05, 0.1) is 0 Å². The number of hydrazine groups is 1. The molecular weight excluding hydrogens is 198 g/mol. The monoisotopic (exact) mass is 205 g/mol. The number of rotatable bonds is 4. The van der Waals surface area contributed by atoms with E-state index in [2.05, 4.69) is 20.3 Å². The zero-order valence-corrected chi connectivity index (χ0v) is 7.34. The van der Waals surface area contributed by atoms with Gasteiger partial charge in [-0.05, 0) is 10.3 Å². The summed E-state index contributed by atoms with van der Waals surface area (Å²) >= 11 is 5.42. The summed E-state index contributed by atoms with van der Waals surface area (Å²) in [6.45, 7) is 0.459. The van der Waals surface area contributed by atoms with Crippen molar-refractivity contribution >= 4 is 23.3 Å². The van der Waals surface area contributed by atoms with Crippen LogP contribution in [0.1, 0.15) is 10.5 Å². The van der Waals surface area contributed by atoms with Crippen molar-refractivity contribution in [1.29, 1.82) is 0 Å². The quantitative estimate of drug-likeness (QED) is 0.260. The number of amides is 1. The van der Waals surface area contributed by atoms with E-state index in [-0.39, 0.29) is 11.5 Å². The van der Waals surface area contributed by atoms with E-state index in [4.69, 9.17) is 17.4 Å². The Balaban J connectivity index is 2.71. The Bertz CT molecular complexity index is 288. The molecule has 1 aromatic rings. The molecule has 1 amide bonds. The number of carbonyl (C=O) groups excluding carboxylic acids is 1. The van der Waals surface area contributed by atoms with Crippen LogP contribution in [0, 0.1) is 0 Å². The number of hydrogen-bond donors (Lipinski definition) is 3. The van der Waals surface area contributed by atoms with E-state index in [1.54, 1.807) is 0 Å². The maximum atomic E-state index is 11.0. The zero-order valence-electron chi connectivity index (χ0n) is 6.58. The summed E-state index contributed by atoms with van der Waals surface area (Å²) in [6, 6.07) is 0. The average molecular weight is 206 g/mol. The number of anilines is 1. The van der Waals surface area contributed by atoms with E-state index in [9.17, 15) is 4.79 Å². The topological polar surface area (TPSA) is 106 Å². The molecule has 0 saturated carbocycles. The van der Waals surface area contributed by atoms with Crippen LogP contribution in [0.4, 0.5) is 5.82 Å². The Kier molecular flexibility index (Phi) is 3.47. The van der Waals surface area contributed by atoms with Crippen LogP contribution in [-0.4, -0.2) is 28.6 Å². The van der Waals surface area contributed by atoms with Gasteiger partial charge in [-0.1, -0.05) is 0 Å². The number of nitrogens with two attached hydrogens (primary N) is 1. The molecule has 1 aromatic heterocycles. The first-order valence-electron chi connectivity index (χ1n) is 3.43.